The van der Waals surface area contributed by atoms with Gasteiger partial charge in [0.15, 0.2) is 12.4 Å². The summed E-state index contributed by atoms with van der Waals surface area (Å²) in [5, 5.41) is 30.9. The van der Waals surface area contributed by atoms with Crippen molar-refractivity contribution < 1.29 is 56.8 Å². The highest BCUT2D eigenvalue weighted by molar-refractivity contribution is 7.85. The van der Waals surface area contributed by atoms with Gasteiger partial charge in [-0.2, -0.15) is 8.42 Å². The highest BCUT2D eigenvalue weighted by Gasteiger charge is 2.46. The molecule has 12 nitrogen and oxygen atoms in total. The highest BCUT2D eigenvalue weighted by Crippen LogP contribution is 2.24. The van der Waals surface area contributed by atoms with Crippen LogP contribution in [0.5, 0.6) is 0 Å². The van der Waals surface area contributed by atoms with Crippen LogP contribution in [-0.2, 0) is 38.7 Å². The van der Waals surface area contributed by atoms with Crippen molar-refractivity contribution in [1.82, 2.24) is 0 Å². The van der Waals surface area contributed by atoms with E-state index in [4.69, 9.17) is 18.9 Å². The van der Waals surface area contributed by atoms with E-state index in [1.807, 2.05) is 0 Å². The summed E-state index contributed by atoms with van der Waals surface area (Å²) < 4.78 is 54.1. The van der Waals surface area contributed by atoms with E-state index in [0.717, 1.165) is 44.9 Å². The number of allylic oxidation sites excluding steroid dienone is 4. The third-order valence-electron chi connectivity index (χ3n) is 11.0. The quantitative estimate of drug-likeness (QED) is 0.0198. The maximum absolute atomic E-state index is 12.8. The minimum absolute atomic E-state index is 0.146. The Hall–Kier alpha value is -1.87. The first-order valence-electron chi connectivity index (χ1n) is 23.9. The maximum Gasteiger partial charge on any atom is 0.306 e. The van der Waals surface area contributed by atoms with Crippen LogP contribution < -0.4 is 0 Å². The fourth-order valence-corrected chi connectivity index (χ4v) is 7.95. The second kappa shape index (κ2) is 37.7. The van der Waals surface area contributed by atoms with Gasteiger partial charge < -0.3 is 34.3 Å². The summed E-state index contributed by atoms with van der Waals surface area (Å²) in [5.74, 6) is -2.00. The molecule has 0 aromatic heterocycles. The lowest BCUT2D eigenvalue weighted by atomic mass is 10.00. The molecule has 1 rings (SSSR count). The number of esters is 2. The van der Waals surface area contributed by atoms with E-state index in [9.17, 15) is 37.9 Å². The van der Waals surface area contributed by atoms with Crippen molar-refractivity contribution >= 4 is 22.1 Å². The summed E-state index contributed by atoms with van der Waals surface area (Å²) in [6.45, 7) is 3.75. The van der Waals surface area contributed by atoms with E-state index in [-0.39, 0.29) is 19.4 Å². The molecule has 0 aromatic carbocycles. The molecule has 352 valence electrons. The first kappa shape index (κ1) is 56.1. The maximum atomic E-state index is 12.8. The van der Waals surface area contributed by atoms with Gasteiger partial charge >= 0.3 is 11.9 Å². The molecule has 0 saturated carbocycles. The van der Waals surface area contributed by atoms with Gasteiger partial charge in [-0.3, -0.25) is 14.1 Å². The Balaban J connectivity index is 2.42. The predicted octanol–water partition coefficient (Wildman–Crippen LogP) is 10.0. The van der Waals surface area contributed by atoms with Gasteiger partial charge in [-0.15, -0.1) is 0 Å². The van der Waals surface area contributed by atoms with Gasteiger partial charge in [-0.1, -0.05) is 154 Å². The van der Waals surface area contributed by atoms with E-state index >= 15 is 0 Å². The van der Waals surface area contributed by atoms with Gasteiger partial charge in [0.05, 0.1) is 6.61 Å². The first-order chi connectivity index (χ1) is 29.0. The second-order valence-corrected chi connectivity index (χ2v) is 18.3. The minimum atomic E-state index is -4.60. The molecule has 0 aliphatic carbocycles. The topological polar surface area (TPSA) is 186 Å². The molecular weight excluding hydrogens is 789 g/mol. The normalized spacial score (nSPS) is 20.3. The summed E-state index contributed by atoms with van der Waals surface area (Å²) in [6, 6.07) is 0. The molecular formula is C47H86O12S. The molecule has 60 heavy (non-hydrogen) atoms. The zero-order valence-electron chi connectivity index (χ0n) is 37.6. The van der Waals surface area contributed by atoms with Crippen LogP contribution >= 0.6 is 0 Å². The lowest BCUT2D eigenvalue weighted by Gasteiger charge is -2.40. The van der Waals surface area contributed by atoms with E-state index in [1.54, 1.807) is 0 Å². The predicted molar refractivity (Wildman–Crippen MR) is 238 cm³/mol. The molecule has 0 spiro atoms. The largest absolute Gasteiger partial charge is 0.462 e. The van der Waals surface area contributed by atoms with Crippen molar-refractivity contribution in [3.05, 3.63) is 24.3 Å². The standard InChI is InChI=1S/C47H86O12S/c1-3-5-7-9-11-13-15-17-19-20-22-23-25-27-29-31-33-35-42(48)56-37-40(38-57-47-46(52)45(51)44(50)41(59-47)39-60(53,54)55)58-43(49)36-34-32-30-28-26-24-21-18-16-14-12-10-8-6-4-2/h13,15,24,26,40-41,44-47,50-52H,3-12,14,16-23,25,27-39H2,1-2H3,(H,53,54,55)/b15-13+,26-24+/t40-,41-,44-,45?,46?,47+/m1/s1. The van der Waals surface area contributed by atoms with Crippen LogP contribution in [0.25, 0.3) is 0 Å². The number of hydrogen-bond acceptors (Lipinski definition) is 11. The van der Waals surface area contributed by atoms with E-state index < -0.39 is 71.2 Å². The third-order valence-corrected chi connectivity index (χ3v) is 11.8. The summed E-state index contributed by atoms with van der Waals surface area (Å²) in [6.07, 6.45) is 32.2. The number of ether oxygens (including phenoxy) is 4. The average molecular weight is 875 g/mol. The van der Waals surface area contributed by atoms with Gasteiger partial charge in [0.2, 0.25) is 0 Å². The summed E-state index contributed by atoms with van der Waals surface area (Å²) in [5.41, 5.74) is 0. The van der Waals surface area contributed by atoms with E-state index in [1.165, 1.54) is 122 Å². The smallest absolute Gasteiger partial charge is 0.306 e. The number of hydrogen-bond donors (Lipinski definition) is 4. The first-order valence-corrected chi connectivity index (χ1v) is 25.5. The Bertz CT molecular complexity index is 1210. The number of carbonyl (C=O) groups is 2. The van der Waals surface area contributed by atoms with Crippen LogP contribution in [-0.4, -0.2) is 96.0 Å². The van der Waals surface area contributed by atoms with Crippen molar-refractivity contribution in [1.29, 1.82) is 0 Å². The van der Waals surface area contributed by atoms with Gasteiger partial charge in [0.25, 0.3) is 10.1 Å². The van der Waals surface area contributed by atoms with Crippen LogP contribution in [0.4, 0.5) is 0 Å². The Morgan fingerprint density at radius 2 is 0.950 bits per heavy atom. The number of unbranched alkanes of at least 4 members (excludes halogenated alkanes) is 24. The molecule has 1 fully saturated rings. The number of carbonyl (C=O) groups excluding carboxylic acids is 2. The molecule has 6 atom stereocenters. The zero-order chi connectivity index (χ0) is 44.1. The van der Waals surface area contributed by atoms with Crippen molar-refractivity contribution in [3.8, 4) is 0 Å². The van der Waals surface area contributed by atoms with Gasteiger partial charge in [0, 0.05) is 12.8 Å². The summed E-state index contributed by atoms with van der Waals surface area (Å²) in [4.78, 5) is 25.4. The monoisotopic (exact) mass is 875 g/mol. The fraction of sp³-hybridized carbons (Fsp3) is 0.872. The Morgan fingerprint density at radius 1 is 0.550 bits per heavy atom. The fourth-order valence-electron chi connectivity index (χ4n) is 7.25. The number of aliphatic hydroxyl groups excluding tert-OH is 3. The highest BCUT2D eigenvalue weighted by atomic mass is 32.2. The molecule has 1 saturated heterocycles. The molecule has 0 bridgehead atoms. The zero-order valence-corrected chi connectivity index (χ0v) is 38.4. The van der Waals surface area contributed by atoms with Crippen molar-refractivity contribution in [2.75, 3.05) is 19.0 Å². The average Bonchev–Trinajstić information content (AvgIpc) is 3.21. The SMILES string of the molecule is CCCCCC/C=C/CCCCCCCCCCCC(=O)OC[C@H](CO[C@H]1O[C@H](CS(=O)(=O)O)[C@@H](O)C(O)C1O)OC(=O)CCCCC/C=C/CCCCCCCCCC. The minimum Gasteiger partial charge on any atom is -0.462 e. The van der Waals surface area contributed by atoms with Crippen LogP contribution in [0.3, 0.4) is 0 Å². The number of rotatable bonds is 40. The van der Waals surface area contributed by atoms with E-state index in [0.29, 0.717) is 12.8 Å². The van der Waals surface area contributed by atoms with Crippen LogP contribution in [0, 0.1) is 0 Å². The Labute approximate surface area is 364 Å². The lowest BCUT2D eigenvalue weighted by molar-refractivity contribution is -0.297. The molecule has 0 amide bonds. The van der Waals surface area contributed by atoms with Crippen LogP contribution in [0.1, 0.15) is 206 Å². The Morgan fingerprint density at radius 3 is 1.42 bits per heavy atom. The molecule has 0 aromatic rings. The molecule has 13 heteroatoms. The molecule has 1 aliphatic heterocycles. The van der Waals surface area contributed by atoms with Crippen LogP contribution in [0.2, 0.25) is 0 Å². The van der Waals surface area contributed by atoms with Crippen molar-refractivity contribution in [2.45, 2.75) is 243 Å². The molecule has 4 N–H and O–H groups in total. The Kier molecular flexibility index (Phi) is 35.2. The van der Waals surface area contributed by atoms with Gasteiger partial charge in [-0.25, -0.2) is 0 Å². The number of aliphatic hydroxyl groups is 3. The lowest BCUT2D eigenvalue weighted by Crippen LogP contribution is -2.60. The molecule has 2 unspecified atom stereocenters. The molecule has 1 aliphatic rings. The summed E-state index contributed by atoms with van der Waals surface area (Å²) >= 11 is 0. The second-order valence-electron chi connectivity index (χ2n) is 16.8. The molecule has 0 radical (unpaired) electrons. The molecule has 1 heterocycles. The van der Waals surface area contributed by atoms with Gasteiger partial charge in [-0.05, 0) is 64.2 Å². The van der Waals surface area contributed by atoms with Crippen molar-refractivity contribution in [2.24, 2.45) is 0 Å². The third kappa shape index (κ3) is 31.9. The van der Waals surface area contributed by atoms with E-state index in [2.05, 4.69) is 38.2 Å². The van der Waals surface area contributed by atoms with Gasteiger partial charge in [0.1, 0.15) is 36.8 Å². The van der Waals surface area contributed by atoms with Crippen LogP contribution in [0.15, 0.2) is 24.3 Å². The van der Waals surface area contributed by atoms with Crippen molar-refractivity contribution in [3.63, 3.8) is 0 Å². The summed E-state index contributed by atoms with van der Waals surface area (Å²) in [7, 11) is -4.60.